The largest absolute Gasteiger partial charge is 0.479 e. The molecule has 1 N–H and O–H groups in total. The van der Waals surface area contributed by atoms with Gasteiger partial charge in [-0.25, -0.2) is 4.79 Å². The van der Waals surface area contributed by atoms with Gasteiger partial charge in [0.25, 0.3) is 5.91 Å². The molecule has 6 heteroatoms. The highest BCUT2D eigenvalue weighted by Gasteiger charge is 2.17. The predicted octanol–water partition coefficient (Wildman–Crippen LogP) is 5.10. The van der Waals surface area contributed by atoms with Crippen LogP contribution in [-0.4, -0.2) is 18.0 Å². The summed E-state index contributed by atoms with van der Waals surface area (Å²) < 4.78 is 10.9. The van der Waals surface area contributed by atoms with Crippen molar-refractivity contribution in [2.24, 2.45) is 0 Å². The lowest BCUT2D eigenvalue weighted by molar-refractivity contribution is -0.152. The first kappa shape index (κ1) is 20.4. The van der Waals surface area contributed by atoms with Crippen molar-refractivity contribution in [3.63, 3.8) is 0 Å². The van der Waals surface area contributed by atoms with Crippen LogP contribution in [0.25, 0.3) is 0 Å². The molecule has 0 saturated carbocycles. The molecule has 5 nitrogen and oxygen atoms in total. The predicted molar refractivity (Wildman–Crippen MR) is 112 cm³/mol. The van der Waals surface area contributed by atoms with E-state index in [-0.39, 0.29) is 12.5 Å². The van der Waals surface area contributed by atoms with Crippen molar-refractivity contribution >= 4 is 29.2 Å². The van der Waals surface area contributed by atoms with Crippen molar-refractivity contribution in [3.05, 3.63) is 95.0 Å². The van der Waals surface area contributed by atoms with Crippen LogP contribution in [0.5, 0.6) is 5.75 Å². The van der Waals surface area contributed by atoms with Crippen LogP contribution in [0.15, 0.2) is 78.9 Å². The van der Waals surface area contributed by atoms with E-state index in [1.54, 1.807) is 55.5 Å². The van der Waals surface area contributed by atoms with Crippen molar-refractivity contribution in [1.29, 1.82) is 0 Å². The minimum atomic E-state index is -0.771. The molecule has 0 heterocycles. The summed E-state index contributed by atoms with van der Waals surface area (Å²) in [7, 11) is 0. The summed E-state index contributed by atoms with van der Waals surface area (Å²) >= 11 is 5.84. The number of amides is 1. The molecule has 0 bridgehead atoms. The SMILES string of the molecule is C[C@H](Oc1ccc(C(=O)Nc2ccc(Cl)cc2)cc1)C(=O)OCc1ccccc1. The fourth-order valence-corrected chi connectivity index (χ4v) is 2.65. The summed E-state index contributed by atoms with van der Waals surface area (Å²) in [6.45, 7) is 1.81. The zero-order chi connectivity index (χ0) is 20.6. The fourth-order valence-electron chi connectivity index (χ4n) is 2.52. The zero-order valence-electron chi connectivity index (χ0n) is 15.8. The maximum Gasteiger partial charge on any atom is 0.347 e. The maximum atomic E-state index is 12.3. The summed E-state index contributed by atoms with van der Waals surface area (Å²) in [5.41, 5.74) is 2.02. The summed E-state index contributed by atoms with van der Waals surface area (Å²) in [4.78, 5) is 24.4. The van der Waals surface area contributed by atoms with Crippen molar-refractivity contribution in [1.82, 2.24) is 0 Å². The number of hydrogen-bond acceptors (Lipinski definition) is 4. The third-order valence-electron chi connectivity index (χ3n) is 4.09. The Bertz CT molecular complexity index is 956. The van der Waals surface area contributed by atoms with Crippen LogP contribution in [0.2, 0.25) is 5.02 Å². The molecule has 1 atom stereocenters. The highest BCUT2D eigenvalue weighted by Crippen LogP contribution is 2.17. The Hall–Kier alpha value is -3.31. The summed E-state index contributed by atoms with van der Waals surface area (Å²) in [6, 6.07) is 22.8. The quantitative estimate of drug-likeness (QED) is 0.551. The van der Waals surface area contributed by atoms with Gasteiger partial charge in [-0.1, -0.05) is 41.9 Å². The molecule has 0 spiro atoms. The van der Waals surface area contributed by atoms with Gasteiger partial charge in [-0.15, -0.1) is 0 Å². The van der Waals surface area contributed by atoms with Crippen molar-refractivity contribution in [2.75, 3.05) is 5.32 Å². The first-order valence-electron chi connectivity index (χ1n) is 9.05. The van der Waals surface area contributed by atoms with Gasteiger partial charge in [-0.2, -0.15) is 0 Å². The van der Waals surface area contributed by atoms with E-state index in [0.29, 0.717) is 22.0 Å². The summed E-state index contributed by atoms with van der Waals surface area (Å²) in [5, 5.41) is 3.38. The van der Waals surface area contributed by atoms with Gasteiger partial charge in [0.05, 0.1) is 0 Å². The molecule has 0 radical (unpaired) electrons. The van der Waals surface area contributed by atoms with Crippen LogP contribution in [0.3, 0.4) is 0 Å². The topological polar surface area (TPSA) is 64.6 Å². The molecule has 1 amide bonds. The Morgan fingerprint density at radius 1 is 0.931 bits per heavy atom. The average Bonchev–Trinajstić information content (AvgIpc) is 2.74. The monoisotopic (exact) mass is 409 g/mol. The second-order valence-corrected chi connectivity index (χ2v) is 6.78. The van der Waals surface area contributed by atoms with Gasteiger partial charge in [-0.05, 0) is 61.0 Å². The smallest absolute Gasteiger partial charge is 0.347 e. The van der Waals surface area contributed by atoms with Gasteiger partial charge in [0.1, 0.15) is 12.4 Å². The Morgan fingerprint density at radius 3 is 2.24 bits per heavy atom. The summed E-state index contributed by atoms with van der Waals surface area (Å²) in [6.07, 6.45) is -0.771. The van der Waals surface area contributed by atoms with Crippen LogP contribution in [0.4, 0.5) is 5.69 Å². The standard InChI is InChI=1S/C23H20ClNO4/c1-16(23(27)28-15-17-5-3-2-4-6-17)29-21-13-7-18(8-14-21)22(26)25-20-11-9-19(24)10-12-20/h2-14,16H,15H2,1H3,(H,25,26)/t16-/m0/s1. The third-order valence-corrected chi connectivity index (χ3v) is 4.34. The van der Waals surface area contributed by atoms with Crippen LogP contribution < -0.4 is 10.1 Å². The van der Waals surface area contributed by atoms with E-state index in [2.05, 4.69) is 5.32 Å². The van der Waals surface area contributed by atoms with Crippen molar-refractivity contribution < 1.29 is 19.1 Å². The molecule has 3 rings (SSSR count). The molecule has 3 aromatic rings. The molecule has 0 aromatic heterocycles. The molecule has 0 aliphatic heterocycles. The molecule has 0 saturated heterocycles. The van der Waals surface area contributed by atoms with Crippen LogP contribution in [0.1, 0.15) is 22.8 Å². The van der Waals surface area contributed by atoms with Gasteiger partial charge >= 0.3 is 5.97 Å². The highest BCUT2D eigenvalue weighted by molar-refractivity contribution is 6.30. The number of ether oxygens (including phenoxy) is 2. The van der Waals surface area contributed by atoms with Gasteiger partial charge in [-0.3, -0.25) is 4.79 Å². The van der Waals surface area contributed by atoms with Crippen molar-refractivity contribution in [2.45, 2.75) is 19.6 Å². The molecule has 0 fully saturated rings. The molecule has 0 aliphatic carbocycles. The molecule has 0 aliphatic rings. The van der Waals surface area contributed by atoms with E-state index in [0.717, 1.165) is 5.56 Å². The molecule has 29 heavy (non-hydrogen) atoms. The number of benzene rings is 3. The lowest BCUT2D eigenvalue weighted by atomic mass is 10.2. The number of esters is 1. The normalized spacial score (nSPS) is 11.4. The van der Waals surface area contributed by atoms with E-state index >= 15 is 0 Å². The fraction of sp³-hybridized carbons (Fsp3) is 0.130. The first-order chi connectivity index (χ1) is 14.0. The van der Waals surface area contributed by atoms with Crippen molar-refractivity contribution in [3.8, 4) is 5.75 Å². The molecule has 3 aromatic carbocycles. The Labute approximate surface area is 174 Å². The zero-order valence-corrected chi connectivity index (χ0v) is 16.6. The first-order valence-corrected chi connectivity index (χ1v) is 9.43. The van der Waals surface area contributed by atoms with E-state index in [9.17, 15) is 9.59 Å². The molecule has 0 unspecified atom stereocenters. The molecule has 148 valence electrons. The number of carbonyl (C=O) groups excluding carboxylic acids is 2. The van der Waals surface area contributed by atoms with Crippen LogP contribution in [-0.2, 0) is 16.1 Å². The highest BCUT2D eigenvalue weighted by atomic mass is 35.5. The van der Waals surface area contributed by atoms with E-state index < -0.39 is 12.1 Å². The number of hydrogen-bond donors (Lipinski definition) is 1. The van der Waals surface area contributed by atoms with Crippen LogP contribution >= 0.6 is 11.6 Å². The number of rotatable bonds is 7. The Kier molecular flexibility index (Phi) is 6.87. The minimum Gasteiger partial charge on any atom is -0.479 e. The molecular formula is C23H20ClNO4. The van der Waals surface area contributed by atoms with Gasteiger partial charge in [0, 0.05) is 16.3 Å². The van der Waals surface area contributed by atoms with Gasteiger partial charge in [0.15, 0.2) is 6.10 Å². The van der Waals surface area contributed by atoms with Crippen LogP contribution in [0, 0.1) is 0 Å². The number of nitrogens with one attached hydrogen (secondary N) is 1. The second-order valence-electron chi connectivity index (χ2n) is 6.34. The maximum absolute atomic E-state index is 12.3. The number of halogens is 1. The van der Waals surface area contributed by atoms with E-state index in [1.165, 1.54) is 0 Å². The lowest BCUT2D eigenvalue weighted by Gasteiger charge is -2.14. The molecular weight excluding hydrogens is 390 g/mol. The number of carbonyl (C=O) groups is 2. The lowest BCUT2D eigenvalue weighted by Crippen LogP contribution is -2.26. The van der Waals surface area contributed by atoms with E-state index in [1.807, 2.05) is 30.3 Å². The number of anilines is 1. The average molecular weight is 410 g/mol. The van der Waals surface area contributed by atoms with Gasteiger partial charge in [0.2, 0.25) is 0 Å². The Balaban J connectivity index is 1.51. The second kappa shape index (κ2) is 9.75. The minimum absolute atomic E-state index is 0.192. The van der Waals surface area contributed by atoms with Gasteiger partial charge < -0.3 is 14.8 Å². The summed E-state index contributed by atoms with van der Waals surface area (Å²) in [5.74, 6) is -0.246. The van der Waals surface area contributed by atoms with E-state index in [4.69, 9.17) is 21.1 Å². The third kappa shape index (κ3) is 6.09. The Morgan fingerprint density at radius 2 is 1.59 bits per heavy atom.